The van der Waals surface area contributed by atoms with Crippen LogP contribution >= 0.6 is 0 Å². The third kappa shape index (κ3) is 5.47. The number of ether oxygens (including phenoxy) is 1. The number of methoxy groups -OCH3 is 1. The van der Waals surface area contributed by atoms with E-state index >= 15 is 0 Å². The van der Waals surface area contributed by atoms with Crippen molar-refractivity contribution in [1.29, 1.82) is 5.26 Å². The fourth-order valence-corrected chi connectivity index (χ4v) is 4.40. The van der Waals surface area contributed by atoms with E-state index in [0.717, 1.165) is 0 Å². The fourth-order valence-electron chi connectivity index (χ4n) is 2.66. The van der Waals surface area contributed by atoms with Crippen molar-refractivity contribution in [1.82, 2.24) is 4.90 Å². The number of sulfone groups is 1. The van der Waals surface area contributed by atoms with Crippen LogP contribution in [0.2, 0.25) is 0 Å². The molecular weight excluding hydrogens is 356 g/mol. The van der Waals surface area contributed by atoms with Crippen molar-refractivity contribution in [2.45, 2.75) is 12.5 Å². The van der Waals surface area contributed by atoms with Crippen molar-refractivity contribution in [3.63, 3.8) is 0 Å². The fraction of sp³-hybridized carbons (Fsp3) is 0.412. The molecule has 1 fully saturated rings. The normalized spacial score (nSPS) is 18.9. The second-order valence-electron chi connectivity index (χ2n) is 6.02. The Bertz CT molecular complexity index is 812. The predicted molar refractivity (Wildman–Crippen MR) is 98.8 cm³/mol. The molecule has 1 amide bonds. The smallest absolute Gasteiger partial charge is 0.267 e. The summed E-state index contributed by atoms with van der Waals surface area (Å²) in [6, 6.07) is 8.15. The number of nitrogens with two attached hydrogens (primary N) is 1. The summed E-state index contributed by atoms with van der Waals surface area (Å²) in [5.41, 5.74) is 6.57. The molecule has 0 spiro atoms. The van der Waals surface area contributed by atoms with E-state index in [1.54, 1.807) is 29.2 Å². The standard InChI is InChI=1S/C17H22N4O4S/c1-25-8-7-21(16-6-9-26(23,24)12-16)11-13(10-18)17(22)20-15-4-2-14(19)3-5-15/h2-5,11,16H,6-9,12,19H2,1H3,(H,20,22)/b13-11-. The summed E-state index contributed by atoms with van der Waals surface area (Å²) >= 11 is 0. The molecule has 0 aliphatic carbocycles. The van der Waals surface area contributed by atoms with Crippen molar-refractivity contribution < 1.29 is 17.9 Å². The van der Waals surface area contributed by atoms with Crippen LogP contribution in [0.4, 0.5) is 11.4 Å². The number of anilines is 2. The molecule has 1 aliphatic rings. The van der Waals surface area contributed by atoms with E-state index in [9.17, 15) is 18.5 Å². The quantitative estimate of drug-likeness (QED) is 0.407. The van der Waals surface area contributed by atoms with Crippen LogP contribution in [0.25, 0.3) is 0 Å². The van der Waals surface area contributed by atoms with Gasteiger partial charge in [-0.2, -0.15) is 5.26 Å². The van der Waals surface area contributed by atoms with Crippen LogP contribution in [0.3, 0.4) is 0 Å². The molecule has 26 heavy (non-hydrogen) atoms. The number of amides is 1. The van der Waals surface area contributed by atoms with Crippen molar-refractivity contribution in [3.8, 4) is 6.07 Å². The maximum Gasteiger partial charge on any atom is 0.267 e. The zero-order valence-corrected chi connectivity index (χ0v) is 15.3. The lowest BCUT2D eigenvalue weighted by Crippen LogP contribution is -2.35. The zero-order chi connectivity index (χ0) is 19.2. The summed E-state index contributed by atoms with van der Waals surface area (Å²) in [7, 11) is -1.55. The second kappa shape index (κ2) is 8.69. The highest BCUT2D eigenvalue weighted by Crippen LogP contribution is 2.19. The third-order valence-electron chi connectivity index (χ3n) is 4.06. The number of carbonyl (C=O) groups is 1. The first-order valence-corrected chi connectivity index (χ1v) is 9.90. The molecule has 1 aromatic carbocycles. The number of nitrogens with zero attached hydrogens (tertiary/aromatic N) is 2. The number of hydrogen-bond donors (Lipinski definition) is 2. The number of carbonyl (C=O) groups excluding carboxylic acids is 1. The lowest BCUT2D eigenvalue weighted by molar-refractivity contribution is -0.112. The van der Waals surface area contributed by atoms with E-state index < -0.39 is 15.7 Å². The maximum atomic E-state index is 12.4. The average molecular weight is 378 g/mol. The van der Waals surface area contributed by atoms with E-state index in [1.807, 2.05) is 6.07 Å². The Morgan fingerprint density at radius 1 is 1.46 bits per heavy atom. The van der Waals surface area contributed by atoms with Gasteiger partial charge in [-0.25, -0.2) is 8.42 Å². The minimum Gasteiger partial charge on any atom is -0.399 e. The summed E-state index contributed by atoms with van der Waals surface area (Å²) in [6.07, 6.45) is 1.87. The Morgan fingerprint density at radius 2 is 2.15 bits per heavy atom. The van der Waals surface area contributed by atoms with Crippen LogP contribution in [0.5, 0.6) is 0 Å². The van der Waals surface area contributed by atoms with E-state index in [1.165, 1.54) is 13.3 Å². The first-order valence-electron chi connectivity index (χ1n) is 8.08. The van der Waals surface area contributed by atoms with Gasteiger partial charge in [-0.1, -0.05) is 0 Å². The minimum atomic E-state index is -3.09. The summed E-state index contributed by atoms with van der Waals surface area (Å²) in [5.74, 6) is -0.458. The third-order valence-corrected chi connectivity index (χ3v) is 5.81. The molecule has 0 bridgehead atoms. The molecule has 0 radical (unpaired) electrons. The molecule has 140 valence electrons. The van der Waals surface area contributed by atoms with Crippen LogP contribution < -0.4 is 11.1 Å². The molecular formula is C17H22N4O4S. The molecule has 8 nitrogen and oxygen atoms in total. The van der Waals surface area contributed by atoms with Crippen LogP contribution in [-0.4, -0.2) is 57.0 Å². The van der Waals surface area contributed by atoms with Gasteiger partial charge in [0.2, 0.25) is 0 Å². The Kier molecular flexibility index (Phi) is 6.60. The summed E-state index contributed by atoms with van der Waals surface area (Å²) < 4.78 is 28.5. The summed E-state index contributed by atoms with van der Waals surface area (Å²) in [4.78, 5) is 14.1. The summed E-state index contributed by atoms with van der Waals surface area (Å²) in [5, 5.41) is 12.0. The predicted octanol–water partition coefficient (Wildman–Crippen LogP) is 0.750. The van der Waals surface area contributed by atoms with E-state index in [-0.39, 0.29) is 23.1 Å². The van der Waals surface area contributed by atoms with Gasteiger partial charge >= 0.3 is 0 Å². The molecule has 1 aromatic rings. The minimum absolute atomic E-state index is 0.00546. The molecule has 1 heterocycles. The number of nitrogen functional groups attached to an aromatic ring is 1. The van der Waals surface area contributed by atoms with Gasteiger partial charge in [-0.15, -0.1) is 0 Å². The van der Waals surface area contributed by atoms with Gasteiger partial charge in [0.1, 0.15) is 11.6 Å². The largest absolute Gasteiger partial charge is 0.399 e. The Hall–Kier alpha value is -2.57. The molecule has 1 aliphatic heterocycles. The first kappa shape index (κ1) is 19.8. The molecule has 0 saturated carbocycles. The van der Waals surface area contributed by atoms with Gasteiger partial charge in [0.05, 0.1) is 18.1 Å². The average Bonchev–Trinajstić information content (AvgIpc) is 2.97. The van der Waals surface area contributed by atoms with E-state index in [4.69, 9.17) is 10.5 Å². The van der Waals surface area contributed by atoms with Crippen LogP contribution in [0, 0.1) is 11.3 Å². The molecule has 1 atom stereocenters. The highest BCUT2D eigenvalue weighted by Gasteiger charge is 2.31. The monoisotopic (exact) mass is 378 g/mol. The maximum absolute atomic E-state index is 12.4. The highest BCUT2D eigenvalue weighted by molar-refractivity contribution is 7.91. The van der Waals surface area contributed by atoms with Crippen molar-refractivity contribution in [2.24, 2.45) is 0 Å². The lowest BCUT2D eigenvalue weighted by Gasteiger charge is -2.26. The number of rotatable bonds is 7. The van der Waals surface area contributed by atoms with Crippen molar-refractivity contribution >= 4 is 27.1 Å². The second-order valence-corrected chi connectivity index (χ2v) is 8.25. The van der Waals surface area contributed by atoms with Crippen LogP contribution in [0.15, 0.2) is 36.0 Å². The molecule has 0 aromatic heterocycles. The Morgan fingerprint density at radius 3 is 2.69 bits per heavy atom. The Labute approximate surface area is 153 Å². The Balaban J connectivity index is 2.16. The number of nitriles is 1. The number of nitrogens with one attached hydrogen (secondary N) is 1. The SMILES string of the molecule is COCCN(/C=C(/C#N)C(=O)Nc1ccc(N)cc1)C1CCS(=O)(=O)C1. The van der Waals surface area contributed by atoms with Crippen LogP contribution in [0.1, 0.15) is 6.42 Å². The van der Waals surface area contributed by atoms with Gasteiger partial charge < -0.3 is 20.7 Å². The highest BCUT2D eigenvalue weighted by atomic mass is 32.2. The van der Waals surface area contributed by atoms with Gasteiger partial charge in [-0.3, -0.25) is 4.79 Å². The molecule has 9 heteroatoms. The van der Waals surface area contributed by atoms with Crippen molar-refractivity contribution in [2.75, 3.05) is 42.8 Å². The first-order chi connectivity index (χ1) is 12.3. The molecule has 1 unspecified atom stereocenters. The van der Waals surface area contributed by atoms with E-state index in [0.29, 0.717) is 30.9 Å². The van der Waals surface area contributed by atoms with Gasteiger partial charge in [0.15, 0.2) is 9.84 Å². The van der Waals surface area contributed by atoms with Crippen LogP contribution in [-0.2, 0) is 19.4 Å². The van der Waals surface area contributed by atoms with E-state index in [2.05, 4.69) is 5.32 Å². The lowest BCUT2D eigenvalue weighted by atomic mass is 10.2. The zero-order valence-electron chi connectivity index (χ0n) is 14.5. The number of hydrogen-bond acceptors (Lipinski definition) is 7. The summed E-state index contributed by atoms with van der Waals surface area (Å²) in [6.45, 7) is 0.738. The van der Waals surface area contributed by atoms with Gasteiger partial charge in [0, 0.05) is 37.3 Å². The molecule has 2 rings (SSSR count). The van der Waals surface area contributed by atoms with Gasteiger partial charge in [0.25, 0.3) is 5.91 Å². The molecule has 1 saturated heterocycles. The topological polar surface area (TPSA) is 126 Å². The van der Waals surface area contributed by atoms with Gasteiger partial charge in [-0.05, 0) is 30.7 Å². The van der Waals surface area contributed by atoms with Crippen molar-refractivity contribution in [3.05, 3.63) is 36.0 Å². The molecule has 3 N–H and O–H groups in total. The number of benzene rings is 1.